The molecule has 37 heavy (non-hydrogen) atoms. The van der Waals surface area contributed by atoms with Crippen LogP contribution in [0.2, 0.25) is 0 Å². The van der Waals surface area contributed by atoms with Crippen molar-refractivity contribution in [2.75, 3.05) is 44.4 Å². The summed E-state index contributed by atoms with van der Waals surface area (Å²) in [5.74, 6) is 0.185. The molecule has 1 saturated heterocycles. The quantitative estimate of drug-likeness (QED) is 0.352. The highest BCUT2D eigenvalue weighted by atomic mass is 32.1. The average Bonchev–Trinajstić information content (AvgIpc) is 3.29. The highest BCUT2D eigenvalue weighted by Crippen LogP contribution is 2.27. The second-order valence-corrected chi connectivity index (χ2v) is 10.0. The van der Waals surface area contributed by atoms with Crippen LogP contribution in [0.3, 0.4) is 0 Å². The monoisotopic (exact) mass is 527 g/mol. The fourth-order valence-electron chi connectivity index (χ4n) is 4.08. The van der Waals surface area contributed by atoms with Gasteiger partial charge in [-0.15, -0.1) is 11.3 Å². The lowest BCUT2D eigenvalue weighted by Crippen LogP contribution is -2.39. The third-order valence-electron chi connectivity index (χ3n) is 6.17. The van der Waals surface area contributed by atoms with E-state index in [1.165, 1.54) is 17.0 Å². The molecule has 0 unspecified atom stereocenters. The summed E-state index contributed by atoms with van der Waals surface area (Å²) in [5, 5.41) is 4.30. The van der Waals surface area contributed by atoms with Crippen molar-refractivity contribution >= 4 is 22.4 Å². The first kappa shape index (κ1) is 27.0. The molecule has 9 heteroatoms. The maximum atomic E-state index is 13.2. The number of morpholine rings is 1. The number of aryl methyl sites for hydroxylation is 1. The first-order valence-electron chi connectivity index (χ1n) is 12.7. The highest BCUT2D eigenvalue weighted by molar-refractivity contribution is 7.15. The van der Waals surface area contributed by atoms with Gasteiger partial charge in [-0.2, -0.15) is 0 Å². The zero-order valence-electron chi connectivity index (χ0n) is 21.4. The van der Waals surface area contributed by atoms with Gasteiger partial charge in [-0.1, -0.05) is 24.3 Å². The SMILES string of the molecule is CCOC(=O)[C@H](Cc1ccc(OCCc2nc(N3CCOCC3)sc2C)cc1)NCc1ccc(F)cc1. The minimum absolute atomic E-state index is 0.285. The summed E-state index contributed by atoms with van der Waals surface area (Å²) in [5.41, 5.74) is 2.96. The maximum Gasteiger partial charge on any atom is 0.323 e. The molecule has 0 spiro atoms. The molecule has 1 aromatic heterocycles. The first-order chi connectivity index (χ1) is 18.0. The number of hydrogen-bond acceptors (Lipinski definition) is 8. The zero-order valence-corrected chi connectivity index (χ0v) is 22.2. The molecule has 1 atom stereocenters. The van der Waals surface area contributed by atoms with Gasteiger partial charge in [0, 0.05) is 30.9 Å². The molecule has 0 radical (unpaired) electrons. The fourth-order valence-corrected chi connectivity index (χ4v) is 5.09. The average molecular weight is 528 g/mol. The molecule has 7 nitrogen and oxygen atoms in total. The Morgan fingerprint density at radius 3 is 2.54 bits per heavy atom. The molecular formula is C28H34FN3O4S. The van der Waals surface area contributed by atoms with Crippen molar-refractivity contribution in [3.63, 3.8) is 0 Å². The maximum absolute atomic E-state index is 13.2. The molecule has 2 aromatic carbocycles. The van der Waals surface area contributed by atoms with E-state index in [2.05, 4.69) is 17.1 Å². The van der Waals surface area contributed by atoms with Crippen molar-refractivity contribution in [2.24, 2.45) is 0 Å². The molecule has 198 valence electrons. The third-order valence-corrected chi connectivity index (χ3v) is 7.24. The van der Waals surface area contributed by atoms with Gasteiger partial charge in [-0.3, -0.25) is 4.79 Å². The number of halogens is 1. The largest absolute Gasteiger partial charge is 0.493 e. The van der Waals surface area contributed by atoms with E-state index in [1.54, 1.807) is 30.4 Å². The van der Waals surface area contributed by atoms with Crippen molar-refractivity contribution in [2.45, 2.75) is 39.3 Å². The number of carbonyl (C=O) groups excluding carboxylic acids is 1. The predicted molar refractivity (Wildman–Crippen MR) is 143 cm³/mol. The Labute approximate surface area is 221 Å². The summed E-state index contributed by atoms with van der Waals surface area (Å²) >= 11 is 1.73. The van der Waals surface area contributed by atoms with Crippen LogP contribution in [-0.2, 0) is 33.7 Å². The van der Waals surface area contributed by atoms with Crippen LogP contribution in [-0.4, -0.2) is 56.5 Å². The highest BCUT2D eigenvalue weighted by Gasteiger charge is 2.20. The number of anilines is 1. The lowest BCUT2D eigenvalue weighted by Gasteiger charge is -2.26. The molecule has 2 heterocycles. The van der Waals surface area contributed by atoms with Crippen LogP contribution in [0.15, 0.2) is 48.5 Å². The third kappa shape index (κ3) is 7.99. The summed E-state index contributed by atoms with van der Waals surface area (Å²) in [6, 6.07) is 13.5. The van der Waals surface area contributed by atoms with Gasteiger partial charge in [-0.05, 0) is 55.7 Å². The summed E-state index contributed by atoms with van der Waals surface area (Å²) in [7, 11) is 0. The molecule has 4 rings (SSSR count). The standard InChI is InChI=1S/C28H34FN3O4S/c1-3-35-27(33)26(30-19-22-4-8-23(29)9-5-22)18-21-6-10-24(11-7-21)36-15-12-25-20(2)37-28(31-25)32-13-16-34-17-14-32/h4-11,26,30H,3,12-19H2,1-2H3/t26-/m0/s1. The van der Waals surface area contributed by atoms with Crippen LogP contribution in [0.4, 0.5) is 9.52 Å². The van der Waals surface area contributed by atoms with Gasteiger partial charge < -0.3 is 24.4 Å². The lowest BCUT2D eigenvalue weighted by atomic mass is 10.1. The van der Waals surface area contributed by atoms with E-state index in [1.807, 2.05) is 24.3 Å². The van der Waals surface area contributed by atoms with Crippen LogP contribution in [0.5, 0.6) is 5.75 Å². The second kappa shape index (κ2) is 13.5. The number of nitrogens with zero attached hydrogens (tertiary/aromatic N) is 2. The van der Waals surface area contributed by atoms with Crippen molar-refractivity contribution < 1.29 is 23.4 Å². The van der Waals surface area contributed by atoms with E-state index in [4.69, 9.17) is 19.2 Å². The molecule has 1 aliphatic heterocycles. The molecule has 1 N–H and O–H groups in total. The molecular weight excluding hydrogens is 493 g/mol. The molecule has 1 fully saturated rings. The number of aromatic nitrogens is 1. The van der Waals surface area contributed by atoms with Crippen molar-refractivity contribution in [3.05, 3.63) is 76.0 Å². The topological polar surface area (TPSA) is 72.9 Å². The van der Waals surface area contributed by atoms with Crippen LogP contribution in [0.25, 0.3) is 0 Å². The summed E-state index contributed by atoms with van der Waals surface area (Å²) in [6.45, 7) is 8.45. The Bertz CT molecular complexity index is 1130. The van der Waals surface area contributed by atoms with Crippen LogP contribution >= 0.6 is 11.3 Å². The van der Waals surface area contributed by atoms with Crippen LogP contribution in [0, 0.1) is 12.7 Å². The van der Waals surface area contributed by atoms with E-state index >= 15 is 0 Å². The molecule has 0 amide bonds. The number of ether oxygens (including phenoxy) is 3. The van der Waals surface area contributed by atoms with Gasteiger partial charge in [0.2, 0.25) is 0 Å². The van der Waals surface area contributed by atoms with Crippen LogP contribution < -0.4 is 15.0 Å². The van der Waals surface area contributed by atoms with E-state index < -0.39 is 6.04 Å². The minimum atomic E-state index is -0.509. The summed E-state index contributed by atoms with van der Waals surface area (Å²) in [4.78, 5) is 20.8. The van der Waals surface area contributed by atoms with Gasteiger partial charge in [0.15, 0.2) is 5.13 Å². The molecule has 1 aliphatic rings. The Morgan fingerprint density at radius 2 is 1.84 bits per heavy atom. The predicted octanol–water partition coefficient (Wildman–Crippen LogP) is 4.31. The van der Waals surface area contributed by atoms with Crippen molar-refractivity contribution in [3.8, 4) is 5.75 Å². The number of esters is 1. The summed E-state index contributed by atoms with van der Waals surface area (Å²) < 4.78 is 29.8. The van der Waals surface area contributed by atoms with E-state index in [-0.39, 0.29) is 11.8 Å². The molecule has 3 aromatic rings. The fraction of sp³-hybridized carbons (Fsp3) is 0.429. The second-order valence-electron chi connectivity index (χ2n) is 8.86. The van der Waals surface area contributed by atoms with Gasteiger partial charge in [0.1, 0.15) is 17.6 Å². The smallest absolute Gasteiger partial charge is 0.323 e. The number of benzene rings is 2. The zero-order chi connectivity index (χ0) is 26.0. The normalized spacial score (nSPS) is 14.4. The minimum Gasteiger partial charge on any atom is -0.493 e. The van der Waals surface area contributed by atoms with Crippen LogP contribution in [0.1, 0.15) is 28.6 Å². The Kier molecular flexibility index (Phi) is 9.87. The van der Waals surface area contributed by atoms with Gasteiger partial charge in [0.25, 0.3) is 0 Å². The molecule has 0 bridgehead atoms. The van der Waals surface area contributed by atoms with Gasteiger partial charge in [0.05, 0.1) is 32.1 Å². The summed E-state index contributed by atoms with van der Waals surface area (Å²) in [6.07, 6.45) is 1.22. The van der Waals surface area contributed by atoms with E-state index in [0.29, 0.717) is 26.2 Å². The Morgan fingerprint density at radius 1 is 1.14 bits per heavy atom. The van der Waals surface area contributed by atoms with E-state index in [9.17, 15) is 9.18 Å². The number of rotatable bonds is 12. The number of nitrogens with one attached hydrogen (secondary N) is 1. The molecule has 0 aliphatic carbocycles. The van der Waals surface area contributed by atoms with Gasteiger partial charge in [-0.25, -0.2) is 9.37 Å². The Hall–Kier alpha value is -3.01. The molecule has 0 saturated carbocycles. The van der Waals surface area contributed by atoms with Crippen molar-refractivity contribution in [1.82, 2.24) is 10.3 Å². The Balaban J connectivity index is 1.28. The van der Waals surface area contributed by atoms with Crippen molar-refractivity contribution in [1.29, 1.82) is 0 Å². The number of carbonyl (C=O) groups is 1. The van der Waals surface area contributed by atoms with Gasteiger partial charge >= 0.3 is 5.97 Å². The van der Waals surface area contributed by atoms with E-state index in [0.717, 1.165) is 60.4 Å². The number of hydrogen-bond donors (Lipinski definition) is 1. The lowest BCUT2D eigenvalue weighted by molar-refractivity contribution is -0.145. The first-order valence-corrected chi connectivity index (χ1v) is 13.5. The number of thiazole rings is 1.